The van der Waals surface area contributed by atoms with Gasteiger partial charge in [0, 0.05) is 17.3 Å². The van der Waals surface area contributed by atoms with Gasteiger partial charge in [-0.15, -0.1) is 11.3 Å². The minimum Gasteiger partial charge on any atom is -0.327 e. The Labute approximate surface area is 95.9 Å². The molecule has 0 spiro atoms. The van der Waals surface area contributed by atoms with Gasteiger partial charge in [-0.25, -0.2) is 4.98 Å². The van der Waals surface area contributed by atoms with Crippen molar-refractivity contribution in [1.82, 2.24) is 4.98 Å². The molecule has 84 valence electrons. The topological polar surface area (TPSA) is 38.9 Å². The van der Waals surface area contributed by atoms with Crippen molar-refractivity contribution in [2.45, 2.75) is 52.0 Å². The number of aromatic nitrogens is 1. The molecule has 15 heavy (non-hydrogen) atoms. The zero-order valence-electron chi connectivity index (χ0n) is 9.62. The third kappa shape index (κ3) is 2.58. The second kappa shape index (κ2) is 4.62. The van der Waals surface area contributed by atoms with E-state index in [1.165, 1.54) is 41.3 Å². The van der Waals surface area contributed by atoms with Crippen molar-refractivity contribution in [1.29, 1.82) is 0 Å². The molecular formula is C12H20N2S. The van der Waals surface area contributed by atoms with E-state index in [9.17, 15) is 0 Å². The molecule has 0 radical (unpaired) electrons. The van der Waals surface area contributed by atoms with Crippen LogP contribution < -0.4 is 5.73 Å². The monoisotopic (exact) mass is 224 g/mol. The first-order valence-corrected chi connectivity index (χ1v) is 6.67. The van der Waals surface area contributed by atoms with Crippen molar-refractivity contribution < 1.29 is 0 Å². The third-order valence-corrected chi connectivity index (χ3v) is 4.57. The average molecular weight is 224 g/mol. The van der Waals surface area contributed by atoms with Gasteiger partial charge in [-0.2, -0.15) is 0 Å². The fourth-order valence-electron chi connectivity index (χ4n) is 2.34. The standard InChI is InChI=1S/C12H20N2S/c1-8-9(2)15-12(14-8)7-10-5-3-4-6-11(10)13/h10-11H,3-7,13H2,1-2H3. The fraction of sp³-hybridized carbons (Fsp3) is 0.750. The summed E-state index contributed by atoms with van der Waals surface area (Å²) in [6, 6.07) is 0.406. The quantitative estimate of drug-likeness (QED) is 0.839. The van der Waals surface area contributed by atoms with E-state index in [-0.39, 0.29) is 0 Å². The Morgan fingerprint density at radius 2 is 2.07 bits per heavy atom. The van der Waals surface area contributed by atoms with Gasteiger partial charge >= 0.3 is 0 Å². The first-order valence-electron chi connectivity index (χ1n) is 5.85. The summed E-state index contributed by atoms with van der Waals surface area (Å²) in [5.74, 6) is 0.670. The Kier molecular flexibility index (Phi) is 3.42. The van der Waals surface area contributed by atoms with Crippen molar-refractivity contribution in [3.05, 3.63) is 15.6 Å². The molecule has 0 saturated heterocycles. The van der Waals surface area contributed by atoms with Crippen molar-refractivity contribution >= 4 is 11.3 Å². The molecule has 2 unspecified atom stereocenters. The van der Waals surface area contributed by atoms with E-state index in [1.54, 1.807) is 0 Å². The zero-order chi connectivity index (χ0) is 10.8. The van der Waals surface area contributed by atoms with Gasteiger partial charge in [-0.3, -0.25) is 0 Å². The number of nitrogens with zero attached hydrogens (tertiary/aromatic N) is 1. The molecule has 1 aliphatic carbocycles. The Morgan fingerprint density at radius 3 is 2.67 bits per heavy atom. The summed E-state index contributed by atoms with van der Waals surface area (Å²) < 4.78 is 0. The lowest BCUT2D eigenvalue weighted by Gasteiger charge is -2.27. The number of nitrogens with two attached hydrogens (primary N) is 1. The molecule has 2 N–H and O–H groups in total. The summed E-state index contributed by atoms with van der Waals surface area (Å²) in [7, 11) is 0. The van der Waals surface area contributed by atoms with Crippen LogP contribution in [0.4, 0.5) is 0 Å². The summed E-state index contributed by atoms with van der Waals surface area (Å²) in [6.45, 7) is 4.24. The van der Waals surface area contributed by atoms with E-state index in [0.717, 1.165) is 6.42 Å². The molecule has 1 heterocycles. The molecule has 1 aliphatic rings. The zero-order valence-corrected chi connectivity index (χ0v) is 10.4. The van der Waals surface area contributed by atoms with Crippen LogP contribution in [-0.4, -0.2) is 11.0 Å². The molecule has 1 fully saturated rings. The maximum atomic E-state index is 6.15. The van der Waals surface area contributed by atoms with E-state index in [0.29, 0.717) is 12.0 Å². The molecule has 0 aromatic carbocycles. The lowest BCUT2D eigenvalue weighted by molar-refractivity contribution is 0.306. The van der Waals surface area contributed by atoms with Crippen LogP contribution in [0.3, 0.4) is 0 Å². The average Bonchev–Trinajstić information content (AvgIpc) is 2.50. The van der Waals surface area contributed by atoms with Gasteiger partial charge in [0.1, 0.15) is 0 Å². The van der Waals surface area contributed by atoms with Crippen molar-refractivity contribution in [3.63, 3.8) is 0 Å². The van der Waals surface area contributed by atoms with Gasteiger partial charge in [0.05, 0.1) is 10.7 Å². The van der Waals surface area contributed by atoms with Crippen LogP contribution in [0.2, 0.25) is 0 Å². The van der Waals surface area contributed by atoms with Crippen molar-refractivity contribution in [2.75, 3.05) is 0 Å². The Morgan fingerprint density at radius 1 is 1.33 bits per heavy atom. The largest absolute Gasteiger partial charge is 0.327 e. The van der Waals surface area contributed by atoms with E-state index in [1.807, 2.05) is 11.3 Å². The van der Waals surface area contributed by atoms with Crippen LogP contribution in [0.1, 0.15) is 41.3 Å². The van der Waals surface area contributed by atoms with E-state index in [4.69, 9.17) is 5.73 Å². The van der Waals surface area contributed by atoms with E-state index in [2.05, 4.69) is 18.8 Å². The van der Waals surface area contributed by atoms with Crippen LogP contribution >= 0.6 is 11.3 Å². The number of hydrogen-bond donors (Lipinski definition) is 1. The van der Waals surface area contributed by atoms with Gasteiger partial charge in [0.2, 0.25) is 0 Å². The first kappa shape index (κ1) is 11.1. The molecule has 1 aromatic heterocycles. The smallest absolute Gasteiger partial charge is 0.0934 e. The lowest BCUT2D eigenvalue weighted by atomic mass is 9.83. The van der Waals surface area contributed by atoms with Crippen LogP contribution in [0.25, 0.3) is 0 Å². The molecule has 0 aliphatic heterocycles. The van der Waals surface area contributed by atoms with Crippen LogP contribution in [0.5, 0.6) is 0 Å². The number of thiazole rings is 1. The predicted octanol–water partition coefficient (Wildman–Crippen LogP) is 2.82. The third-order valence-electron chi connectivity index (χ3n) is 3.48. The number of hydrogen-bond acceptors (Lipinski definition) is 3. The van der Waals surface area contributed by atoms with Crippen molar-refractivity contribution in [3.8, 4) is 0 Å². The minimum atomic E-state index is 0.406. The molecule has 1 saturated carbocycles. The summed E-state index contributed by atoms with van der Waals surface area (Å²) in [6.07, 6.45) is 6.25. The lowest BCUT2D eigenvalue weighted by Crippen LogP contribution is -2.34. The summed E-state index contributed by atoms with van der Waals surface area (Å²) in [4.78, 5) is 5.96. The van der Waals surface area contributed by atoms with Gasteiger partial charge in [0.15, 0.2) is 0 Å². The second-order valence-electron chi connectivity index (χ2n) is 4.66. The maximum absolute atomic E-state index is 6.15. The van der Waals surface area contributed by atoms with Gasteiger partial charge < -0.3 is 5.73 Å². The highest BCUT2D eigenvalue weighted by Gasteiger charge is 2.23. The molecule has 2 nitrogen and oxygen atoms in total. The Hall–Kier alpha value is -0.410. The normalized spacial score (nSPS) is 26.9. The van der Waals surface area contributed by atoms with Gasteiger partial charge in [-0.1, -0.05) is 12.8 Å². The second-order valence-corrected chi connectivity index (χ2v) is 5.95. The molecule has 3 heteroatoms. The Balaban J connectivity index is 2.01. The Bertz CT molecular complexity index is 313. The van der Waals surface area contributed by atoms with Gasteiger partial charge in [0.25, 0.3) is 0 Å². The minimum absolute atomic E-state index is 0.406. The fourth-order valence-corrected chi connectivity index (χ4v) is 3.37. The van der Waals surface area contributed by atoms with Crippen LogP contribution in [-0.2, 0) is 6.42 Å². The maximum Gasteiger partial charge on any atom is 0.0934 e. The predicted molar refractivity (Wildman–Crippen MR) is 65.2 cm³/mol. The molecule has 0 bridgehead atoms. The molecule has 2 atom stereocenters. The number of aryl methyl sites for hydroxylation is 2. The molecule has 0 amide bonds. The molecule has 1 aromatic rings. The summed E-state index contributed by atoms with van der Waals surface area (Å²) in [5.41, 5.74) is 7.34. The van der Waals surface area contributed by atoms with Gasteiger partial charge in [-0.05, 0) is 32.6 Å². The molecule has 2 rings (SSSR count). The summed E-state index contributed by atoms with van der Waals surface area (Å²) in [5, 5.41) is 1.28. The van der Waals surface area contributed by atoms with Crippen molar-refractivity contribution in [2.24, 2.45) is 11.7 Å². The van der Waals surface area contributed by atoms with Crippen LogP contribution in [0.15, 0.2) is 0 Å². The van der Waals surface area contributed by atoms with Crippen LogP contribution in [0, 0.1) is 19.8 Å². The van der Waals surface area contributed by atoms with E-state index >= 15 is 0 Å². The highest BCUT2D eigenvalue weighted by molar-refractivity contribution is 7.11. The SMILES string of the molecule is Cc1nc(CC2CCCCC2N)sc1C. The summed E-state index contributed by atoms with van der Waals surface area (Å²) >= 11 is 1.84. The molecular weight excluding hydrogens is 204 g/mol. The first-order chi connectivity index (χ1) is 7.16. The number of rotatable bonds is 2. The highest BCUT2D eigenvalue weighted by atomic mass is 32.1. The van der Waals surface area contributed by atoms with E-state index < -0.39 is 0 Å². The highest BCUT2D eigenvalue weighted by Crippen LogP contribution is 2.28.